The standard InChI is InChI=1S/C19H39N5O/c1-4-24(14-7-13-22-11-5-6-12-22)19(25)20-10-17-23-15-8-18(9-16-23)21(2)3/h18H,4-17H2,1-3H3,(H,20,25). The summed E-state index contributed by atoms with van der Waals surface area (Å²) in [5.41, 5.74) is 0. The fourth-order valence-corrected chi connectivity index (χ4v) is 3.99. The van der Waals surface area contributed by atoms with Crippen molar-refractivity contribution in [3.63, 3.8) is 0 Å². The van der Waals surface area contributed by atoms with Crippen molar-refractivity contribution in [1.82, 2.24) is 24.9 Å². The molecule has 25 heavy (non-hydrogen) atoms. The lowest BCUT2D eigenvalue weighted by Gasteiger charge is -2.35. The van der Waals surface area contributed by atoms with Crippen LogP contribution in [0.2, 0.25) is 0 Å². The van der Waals surface area contributed by atoms with E-state index in [9.17, 15) is 4.79 Å². The maximum atomic E-state index is 12.4. The first-order valence-electron chi connectivity index (χ1n) is 10.2. The monoisotopic (exact) mass is 353 g/mol. The van der Waals surface area contributed by atoms with Gasteiger partial charge < -0.3 is 24.9 Å². The third-order valence-electron chi connectivity index (χ3n) is 5.76. The average Bonchev–Trinajstić information content (AvgIpc) is 3.12. The molecule has 0 unspecified atom stereocenters. The van der Waals surface area contributed by atoms with E-state index in [1.165, 1.54) is 38.8 Å². The van der Waals surface area contributed by atoms with Crippen LogP contribution < -0.4 is 5.32 Å². The van der Waals surface area contributed by atoms with Gasteiger partial charge in [0.15, 0.2) is 0 Å². The third-order valence-corrected chi connectivity index (χ3v) is 5.76. The highest BCUT2D eigenvalue weighted by atomic mass is 16.2. The first kappa shape index (κ1) is 20.5. The van der Waals surface area contributed by atoms with Crippen LogP contribution in [0.4, 0.5) is 4.79 Å². The van der Waals surface area contributed by atoms with Crippen LogP contribution in [0.5, 0.6) is 0 Å². The highest BCUT2D eigenvalue weighted by Crippen LogP contribution is 2.13. The van der Waals surface area contributed by atoms with Crippen molar-refractivity contribution in [2.45, 2.75) is 45.1 Å². The second-order valence-corrected chi connectivity index (χ2v) is 7.75. The molecule has 0 bridgehead atoms. The SMILES string of the molecule is CCN(CCCN1CCCC1)C(=O)NCCN1CCC(N(C)C)CC1. The molecular weight excluding hydrogens is 314 g/mol. The zero-order chi connectivity index (χ0) is 18.1. The Labute approximate surface area is 154 Å². The molecule has 2 aliphatic heterocycles. The summed E-state index contributed by atoms with van der Waals surface area (Å²) in [6.07, 6.45) is 6.23. The molecule has 2 heterocycles. The molecule has 146 valence electrons. The summed E-state index contributed by atoms with van der Waals surface area (Å²) >= 11 is 0. The molecule has 2 aliphatic rings. The first-order valence-corrected chi connectivity index (χ1v) is 10.2. The van der Waals surface area contributed by atoms with E-state index in [0.29, 0.717) is 0 Å². The molecule has 2 amide bonds. The number of piperidine rings is 1. The fourth-order valence-electron chi connectivity index (χ4n) is 3.99. The van der Waals surface area contributed by atoms with Crippen LogP contribution in [0.1, 0.15) is 39.0 Å². The number of carbonyl (C=O) groups is 1. The van der Waals surface area contributed by atoms with Crippen LogP contribution in [0.25, 0.3) is 0 Å². The number of hydrogen-bond donors (Lipinski definition) is 1. The normalized spacial score (nSPS) is 20.3. The Morgan fingerprint density at radius 2 is 1.68 bits per heavy atom. The van der Waals surface area contributed by atoms with Crippen molar-refractivity contribution in [3.05, 3.63) is 0 Å². The van der Waals surface area contributed by atoms with Crippen LogP contribution in [0, 0.1) is 0 Å². The molecule has 0 atom stereocenters. The largest absolute Gasteiger partial charge is 0.337 e. The zero-order valence-corrected chi connectivity index (χ0v) is 16.7. The van der Waals surface area contributed by atoms with Gasteiger partial charge in [0, 0.05) is 32.2 Å². The maximum Gasteiger partial charge on any atom is 0.317 e. The average molecular weight is 354 g/mol. The smallest absolute Gasteiger partial charge is 0.317 e. The quantitative estimate of drug-likeness (QED) is 0.683. The summed E-state index contributed by atoms with van der Waals surface area (Å²) in [7, 11) is 4.34. The van der Waals surface area contributed by atoms with Crippen molar-refractivity contribution in [3.8, 4) is 0 Å². The van der Waals surface area contributed by atoms with E-state index < -0.39 is 0 Å². The van der Waals surface area contributed by atoms with Crippen molar-refractivity contribution >= 4 is 6.03 Å². The van der Waals surface area contributed by atoms with Crippen LogP contribution in [-0.4, -0.2) is 105 Å². The van der Waals surface area contributed by atoms with Gasteiger partial charge in [-0.05, 0) is 85.8 Å². The lowest BCUT2D eigenvalue weighted by Crippen LogP contribution is -2.46. The van der Waals surface area contributed by atoms with Crippen molar-refractivity contribution < 1.29 is 4.79 Å². The third kappa shape index (κ3) is 7.12. The topological polar surface area (TPSA) is 42.1 Å². The van der Waals surface area contributed by atoms with Crippen LogP contribution in [0.15, 0.2) is 0 Å². The predicted octanol–water partition coefficient (Wildman–Crippen LogP) is 1.53. The zero-order valence-electron chi connectivity index (χ0n) is 16.7. The molecule has 1 N–H and O–H groups in total. The van der Waals surface area contributed by atoms with Crippen molar-refractivity contribution in [2.24, 2.45) is 0 Å². The van der Waals surface area contributed by atoms with Gasteiger partial charge in [0.1, 0.15) is 0 Å². The van der Waals surface area contributed by atoms with Gasteiger partial charge in [-0.2, -0.15) is 0 Å². The van der Waals surface area contributed by atoms with Gasteiger partial charge in [-0.25, -0.2) is 4.79 Å². The summed E-state index contributed by atoms with van der Waals surface area (Å²) in [5, 5.41) is 3.11. The molecule has 0 aromatic rings. The number of amides is 2. The second-order valence-electron chi connectivity index (χ2n) is 7.75. The van der Waals surface area contributed by atoms with E-state index in [2.05, 4.69) is 41.0 Å². The Kier molecular flexibility index (Phi) is 8.99. The first-order chi connectivity index (χ1) is 12.1. The van der Waals surface area contributed by atoms with Crippen molar-refractivity contribution in [2.75, 3.05) is 73.0 Å². The number of carbonyl (C=O) groups excluding carboxylic acids is 1. The Balaban J connectivity index is 1.56. The fraction of sp³-hybridized carbons (Fsp3) is 0.947. The molecule has 6 heteroatoms. The van der Waals surface area contributed by atoms with Gasteiger partial charge in [-0.1, -0.05) is 0 Å². The summed E-state index contributed by atoms with van der Waals surface area (Å²) in [6, 6.07) is 0.823. The summed E-state index contributed by atoms with van der Waals surface area (Å²) in [4.78, 5) is 21.6. The molecule has 0 radical (unpaired) electrons. The molecule has 6 nitrogen and oxygen atoms in total. The Bertz CT molecular complexity index is 376. The number of hydrogen-bond acceptors (Lipinski definition) is 4. The lowest BCUT2D eigenvalue weighted by molar-refractivity contribution is 0.144. The Hall–Kier alpha value is -0.850. The van der Waals surface area contributed by atoms with Crippen molar-refractivity contribution in [1.29, 1.82) is 0 Å². The van der Waals surface area contributed by atoms with Gasteiger partial charge in [0.25, 0.3) is 0 Å². The highest BCUT2D eigenvalue weighted by Gasteiger charge is 2.20. The summed E-state index contributed by atoms with van der Waals surface area (Å²) < 4.78 is 0. The van der Waals surface area contributed by atoms with Gasteiger partial charge in [0.05, 0.1) is 0 Å². The summed E-state index contributed by atoms with van der Waals surface area (Å²) in [5.74, 6) is 0. The van der Waals surface area contributed by atoms with E-state index in [1.54, 1.807) is 0 Å². The number of nitrogens with zero attached hydrogens (tertiary/aromatic N) is 4. The lowest BCUT2D eigenvalue weighted by atomic mass is 10.0. The van der Waals surface area contributed by atoms with Gasteiger partial charge in [0.2, 0.25) is 0 Å². The molecular formula is C19H39N5O. The number of likely N-dealkylation sites (tertiary alicyclic amines) is 2. The molecule has 2 saturated heterocycles. The molecule has 2 fully saturated rings. The molecule has 2 rings (SSSR count). The minimum Gasteiger partial charge on any atom is -0.337 e. The minimum absolute atomic E-state index is 0.104. The minimum atomic E-state index is 0.104. The molecule has 0 aromatic carbocycles. The van der Waals surface area contributed by atoms with Crippen LogP contribution >= 0.6 is 0 Å². The summed E-state index contributed by atoms with van der Waals surface area (Å²) in [6.45, 7) is 11.4. The van der Waals surface area contributed by atoms with E-state index in [0.717, 1.165) is 58.3 Å². The Morgan fingerprint density at radius 1 is 1.04 bits per heavy atom. The molecule has 0 aromatic heterocycles. The predicted molar refractivity (Wildman–Crippen MR) is 104 cm³/mol. The van der Waals surface area contributed by atoms with E-state index >= 15 is 0 Å². The molecule has 0 spiro atoms. The van der Waals surface area contributed by atoms with E-state index in [1.807, 2.05) is 4.90 Å². The van der Waals surface area contributed by atoms with Crippen LogP contribution in [0.3, 0.4) is 0 Å². The molecule has 0 aliphatic carbocycles. The van der Waals surface area contributed by atoms with Gasteiger partial charge >= 0.3 is 6.03 Å². The Morgan fingerprint density at radius 3 is 2.28 bits per heavy atom. The number of rotatable bonds is 9. The number of urea groups is 1. The maximum absolute atomic E-state index is 12.4. The second kappa shape index (κ2) is 11.0. The number of nitrogens with one attached hydrogen (secondary N) is 1. The van der Waals surface area contributed by atoms with E-state index in [4.69, 9.17) is 0 Å². The van der Waals surface area contributed by atoms with E-state index in [-0.39, 0.29) is 6.03 Å². The molecule has 0 saturated carbocycles. The van der Waals surface area contributed by atoms with Gasteiger partial charge in [-0.15, -0.1) is 0 Å². The highest BCUT2D eigenvalue weighted by molar-refractivity contribution is 5.74. The van der Waals surface area contributed by atoms with Gasteiger partial charge in [-0.3, -0.25) is 0 Å². The van der Waals surface area contributed by atoms with Crippen LogP contribution in [-0.2, 0) is 0 Å².